The maximum atomic E-state index is 12.3. The molecule has 0 aliphatic carbocycles. The van der Waals surface area contributed by atoms with Gasteiger partial charge in [0, 0.05) is 41.8 Å². The van der Waals surface area contributed by atoms with Crippen molar-refractivity contribution in [2.75, 3.05) is 32.5 Å². The number of benzene rings is 1. The van der Waals surface area contributed by atoms with Gasteiger partial charge in [-0.05, 0) is 57.0 Å². The second-order valence-electron chi connectivity index (χ2n) is 8.78. The molecule has 0 spiro atoms. The van der Waals surface area contributed by atoms with Gasteiger partial charge in [-0.3, -0.25) is 14.8 Å². The van der Waals surface area contributed by atoms with E-state index in [0.717, 1.165) is 17.3 Å². The summed E-state index contributed by atoms with van der Waals surface area (Å²) in [5.74, 6) is 0.710. The average Bonchev–Trinajstić information content (AvgIpc) is 2.88. The molecule has 1 aliphatic heterocycles. The van der Waals surface area contributed by atoms with Crippen LogP contribution in [0.1, 0.15) is 37.4 Å². The third kappa shape index (κ3) is 6.03. The molecule has 0 saturated carbocycles. The van der Waals surface area contributed by atoms with Crippen LogP contribution in [0.2, 0.25) is 5.02 Å². The molecule has 186 valence electrons. The smallest absolute Gasteiger partial charge is 0.309 e. The number of rotatable bonds is 10. The van der Waals surface area contributed by atoms with Crippen molar-refractivity contribution in [3.8, 4) is 5.75 Å². The number of carbonyl (C=O) groups is 1. The first-order valence-electron chi connectivity index (χ1n) is 11.6. The summed E-state index contributed by atoms with van der Waals surface area (Å²) in [7, 11) is 1.58. The van der Waals surface area contributed by atoms with Crippen LogP contribution in [0, 0.1) is 5.41 Å². The van der Waals surface area contributed by atoms with Crippen LogP contribution in [0.15, 0.2) is 48.0 Å². The summed E-state index contributed by atoms with van der Waals surface area (Å²) >= 11 is 8.07. The number of nitrogens with zero attached hydrogens (tertiary/aromatic N) is 4. The Labute approximate surface area is 213 Å². The highest BCUT2D eigenvalue weighted by Gasteiger charge is 2.41. The number of ether oxygens (including phenoxy) is 1. The third-order valence-electron chi connectivity index (χ3n) is 6.76. The van der Waals surface area contributed by atoms with E-state index in [2.05, 4.69) is 19.9 Å². The molecule has 0 amide bonds. The van der Waals surface area contributed by atoms with Gasteiger partial charge in [0.2, 0.25) is 0 Å². The number of halogens is 1. The molecule has 35 heavy (non-hydrogen) atoms. The molecule has 3 aromatic rings. The van der Waals surface area contributed by atoms with Gasteiger partial charge in [0.15, 0.2) is 0 Å². The minimum atomic E-state index is -0.905. The van der Waals surface area contributed by atoms with Crippen molar-refractivity contribution in [3.63, 3.8) is 0 Å². The summed E-state index contributed by atoms with van der Waals surface area (Å²) < 4.78 is 5.32. The summed E-state index contributed by atoms with van der Waals surface area (Å²) in [5, 5.41) is 23.2. The Bertz CT molecular complexity index is 1160. The fourth-order valence-corrected chi connectivity index (χ4v) is 5.71. The molecule has 8 nitrogen and oxygen atoms in total. The molecular formula is C25H29ClN4O4S. The number of aromatic nitrogens is 3. The monoisotopic (exact) mass is 516 g/mol. The Morgan fingerprint density at radius 2 is 2.06 bits per heavy atom. The van der Waals surface area contributed by atoms with Crippen LogP contribution in [0.5, 0.6) is 5.75 Å². The van der Waals surface area contributed by atoms with Gasteiger partial charge in [0.05, 0.1) is 35.4 Å². The minimum absolute atomic E-state index is 0.296. The molecule has 0 bridgehead atoms. The van der Waals surface area contributed by atoms with E-state index >= 15 is 0 Å². The maximum Gasteiger partial charge on any atom is 0.309 e. The molecule has 2 aromatic heterocycles. The lowest BCUT2D eigenvalue weighted by Crippen LogP contribution is -2.45. The van der Waals surface area contributed by atoms with Crippen molar-refractivity contribution >= 4 is 40.2 Å². The Morgan fingerprint density at radius 3 is 2.74 bits per heavy atom. The Kier molecular flexibility index (Phi) is 8.43. The standard InChI is InChI=1S/C25H29ClN4O4S/c1-34-17-2-3-20-18(14-17)23(19(26)15-29-20)21(31)4-5-25(24(32)33)6-10-30(11-7-25)12-13-35-22-16-27-8-9-28-22/h2-3,8-9,14-16,21,31H,4-7,10-13H2,1H3,(H,32,33). The number of hydrogen-bond donors (Lipinski definition) is 2. The van der Waals surface area contributed by atoms with Crippen LogP contribution in [-0.4, -0.2) is 68.5 Å². The molecule has 1 fully saturated rings. The molecule has 1 aliphatic rings. The van der Waals surface area contributed by atoms with E-state index in [-0.39, 0.29) is 0 Å². The Balaban J connectivity index is 1.38. The number of carboxylic acid groups (broad SMARTS) is 1. The number of aliphatic hydroxyl groups excluding tert-OH is 1. The van der Waals surface area contributed by atoms with Gasteiger partial charge in [-0.25, -0.2) is 4.98 Å². The van der Waals surface area contributed by atoms with E-state index in [1.54, 1.807) is 49.6 Å². The molecule has 3 heterocycles. The van der Waals surface area contributed by atoms with Crippen LogP contribution in [0.3, 0.4) is 0 Å². The number of fused-ring (bicyclic) bond motifs is 1. The highest BCUT2D eigenvalue weighted by molar-refractivity contribution is 7.99. The summed E-state index contributed by atoms with van der Waals surface area (Å²) in [6, 6.07) is 5.42. The van der Waals surface area contributed by atoms with Crippen molar-refractivity contribution < 1.29 is 19.7 Å². The fraction of sp³-hybridized carbons (Fsp3) is 0.440. The van der Waals surface area contributed by atoms with E-state index < -0.39 is 17.5 Å². The largest absolute Gasteiger partial charge is 0.497 e. The number of methoxy groups -OCH3 is 1. The normalized spacial score (nSPS) is 16.8. The van der Waals surface area contributed by atoms with Crippen LogP contribution in [-0.2, 0) is 4.79 Å². The van der Waals surface area contributed by atoms with Gasteiger partial charge in [-0.15, -0.1) is 11.8 Å². The molecule has 1 atom stereocenters. The highest BCUT2D eigenvalue weighted by Crippen LogP contribution is 2.41. The van der Waals surface area contributed by atoms with E-state index in [4.69, 9.17) is 16.3 Å². The summed E-state index contributed by atoms with van der Waals surface area (Å²) in [6.45, 7) is 2.28. The highest BCUT2D eigenvalue weighted by atomic mass is 35.5. The zero-order valence-electron chi connectivity index (χ0n) is 19.6. The van der Waals surface area contributed by atoms with Gasteiger partial charge in [-0.1, -0.05) is 11.6 Å². The first kappa shape index (κ1) is 25.6. The van der Waals surface area contributed by atoms with Crippen molar-refractivity contribution in [2.24, 2.45) is 5.41 Å². The Morgan fingerprint density at radius 1 is 1.26 bits per heavy atom. The molecule has 1 aromatic carbocycles. The molecule has 1 saturated heterocycles. The molecular weight excluding hydrogens is 488 g/mol. The number of thioether (sulfide) groups is 1. The van der Waals surface area contributed by atoms with E-state index in [1.807, 2.05) is 6.07 Å². The zero-order chi connectivity index (χ0) is 24.8. The molecule has 2 N–H and O–H groups in total. The topological polar surface area (TPSA) is 109 Å². The molecule has 4 rings (SSSR count). The molecule has 0 radical (unpaired) electrons. The summed E-state index contributed by atoms with van der Waals surface area (Å²) in [6.07, 6.45) is 7.46. The maximum absolute atomic E-state index is 12.3. The summed E-state index contributed by atoms with van der Waals surface area (Å²) in [4.78, 5) is 27.3. The predicted octanol–water partition coefficient (Wildman–Crippen LogP) is 4.46. The average molecular weight is 517 g/mol. The van der Waals surface area contributed by atoms with Gasteiger partial charge >= 0.3 is 5.97 Å². The van der Waals surface area contributed by atoms with Crippen molar-refractivity contribution in [1.82, 2.24) is 19.9 Å². The first-order valence-corrected chi connectivity index (χ1v) is 12.9. The number of carboxylic acids is 1. The van der Waals surface area contributed by atoms with Gasteiger partial charge in [-0.2, -0.15) is 0 Å². The second-order valence-corrected chi connectivity index (χ2v) is 10.3. The molecule has 10 heteroatoms. The van der Waals surface area contributed by atoms with Crippen LogP contribution in [0.4, 0.5) is 0 Å². The lowest BCUT2D eigenvalue weighted by molar-refractivity contribution is -0.153. The quantitative estimate of drug-likeness (QED) is 0.377. The lowest BCUT2D eigenvalue weighted by atomic mass is 9.74. The first-order chi connectivity index (χ1) is 16.9. The van der Waals surface area contributed by atoms with E-state index in [9.17, 15) is 15.0 Å². The number of aliphatic carboxylic acids is 1. The number of pyridine rings is 1. The van der Waals surface area contributed by atoms with Crippen LogP contribution in [0.25, 0.3) is 10.9 Å². The SMILES string of the molecule is COc1ccc2ncc(Cl)c(C(O)CCC3(C(=O)O)CCN(CCSc4cnccn4)CC3)c2c1. The lowest BCUT2D eigenvalue weighted by Gasteiger charge is -2.39. The second kappa shape index (κ2) is 11.5. The van der Waals surface area contributed by atoms with Gasteiger partial charge in [0.25, 0.3) is 0 Å². The van der Waals surface area contributed by atoms with Gasteiger partial charge < -0.3 is 19.8 Å². The van der Waals surface area contributed by atoms with E-state index in [1.165, 1.54) is 6.20 Å². The van der Waals surface area contributed by atoms with Crippen LogP contribution >= 0.6 is 23.4 Å². The van der Waals surface area contributed by atoms with Crippen molar-refractivity contribution in [1.29, 1.82) is 0 Å². The van der Waals surface area contributed by atoms with E-state index in [0.29, 0.717) is 66.0 Å². The summed E-state index contributed by atoms with van der Waals surface area (Å²) in [5.41, 5.74) is 0.405. The number of piperidine rings is 1. The van der Waals surface area contributed by atoms with Crippen molar-refractivity contribution in [3.05, 3.63) is 53.6 Å². The minimum Gasteiger partial charge on any atom is -0.497 e. The molecule has 1 unspecified atom stereocenters. The fourth-order valence-electron chi connectivity index (χ4n) is 4.61. The van der Waals surface area contributed by atoms with Gasteiger partial charge in [0.1, 0.15) is 10.8 Å². The zero-order valence-corrected chi connectivity index (χ0v) is 21.1. The Hall–Kier alpha value is -2.46. The van der Waals surface area contributed by atoms with Crippen LogP contribution < -0.4 is 4.74 Å². The predicted molar refractivity (Wildman–Crippen MR) is 136 cm³/mol. The number of hydrogen-bond acceptors (Lipinski definition) is 8. The third-order valence-corrected chi connectivity index (χ3v) is 7.96. The number of likely N-dealkylation sites (tertiary alicyclic amines) is 1. The number of aliphatic hydroxyl groups is 1. The van der Waals surface area contributed by atoms with Crippen molar-refractivity contribution in [2.45, 2.75) is 36.8 Å².